The van der Waals surface area contributed by atoms with Crippen LogP contribution in [0.1, 0.15) is 43.9 Å². The van der Waals surface area contributed by atoms with Gasteiger partial charge in [-0.05, 0) is 24.0 Å². The third-order valence-electron chi connectivity index (χ3n) is 2.60. The highest BCUT2D eigenvalue weighted by Crippen LogP contribution is 2.18. The normalized spacial score (nSPS) is 12.6. The van der Waals surface area contributed by atoms with E-state index in [1.54, 1.807) is 0 Å². The van der Waals surface area contributed by atoms with E-state index >= 15 is 0 Å². The fraction of sp³-hybridized carbons (Fsp3) is 0.462. The molecule has 1 rings (SSSR count). The average molecular weight is 284 g/mol. The minimum absolute atomic E-state index is 0.0143. The molecule has 1 unspecified atom stereocenters. The summed E-state index contributed by atoms with van der Waals surface area (Å²) in [7, 11) is 0. The van der Waals surface area contributed by atoms with E-state index in [-0.39, 0.29) is 11.9 Å². The van der Waals surface area contributed by atoms with Crippen molar-refractivity contribution in [1.29, 1.82) is 0 Å². The van der Waals surface area contributed by atoms with Crippen LogP contribution in [-0.2, 0) is 4.79 Å². The summed E-state index contributed by atoms with van der Waals surface area (Å²) in [6, 6.07) is 8.46. The summed E-state index contributed by atoms with van der Waals surface area (Å²) in [5.74, 6) is 0.557. The lowest BCUT2D eigenvalue weighted by Gasteiger charge is -2.14. The molecule has 0 radical (unpaired) electrons. The molecule has 0 aliphatic carbocycles. The number of hydrogen-bond acceptors (Lipinski definition) is 1. The molecule has 1 N–H and O–H groups in total. The van der Waals surface area contributed by atoms with Crippen molar-refractivity contribution in [3.05, 3.63) is 35.4 Å². The molecule has 0 aromatic heterocycles. The Hall–Kier alpha value is -0.830. The van der Waals surface area contributed by atoms with Crippen molar-refractivity contribution in [2.75, 3.05) is 5.33 Å². The van der Waals surface area contributed by atoms with Crippen molar-refractivity contribution in [2.24, 2.45) is 0 Å². The number of benzene rings is 1. The second-order valence-corrected chi connectivity index (χ2v) is 4.80. The van der Waals surface area contributed by atoms with Gasteiger partial charge in [0.25, 0.3) is 0 Å². The summed E-state index contributed by atoms with van der Waals surface area (Å²) in [6.45, 7) is 6.33. The van der Waals surface area contributed by atoms with Crippen molar-refractivity contribution < 1.29 is 4.79 Å². The van der Waals surface area contributed by atoms with E-state index < -0.39 is 0 Å². The number of carbonyl (C=O) groups is 1. The summed E-state index contributed by atoms with van der Waals surface area (Å²) in [5.41, 5.74) is 2.46. The molecule has 1 amide bonds. The number of alkyl halides is 1. The van der Waals surface area contributed by atoms with Crippen LogP contribution in [0.3, 0.4) is 0 Å². The molecule has 1 atom stereocenters. The lowest BCUT2D eigenvalue weighted by Crippen LogP contribution is -2.27. The Morgan fingerprint density at radius 2 is 1.69 bits per heavy atom. The van der Waals surface area contributed by atoms with Gasteiger partial charge in [0.05, 0.1) is 11.4 Å². The maximum Gasteiger partial charge on any atom is 0.231 e. The summed E-state index contributed by atoms with van der Waals surface area (Å²) in [5, 5.41) is 3.26. The molecule has 0 spiro atoms. The maximum absolute atomic E-state index is 11.2. The first-order valence-electron chi connectivity index (χ1n) is 5.49. The monoisotopic (exact) mass is 283 g/mol. The van der Waals surface area contributed by atoms with Crippen LogP contribution in [0.15, 0.2) is 24.3 Å². The van der Waals surface area contributed by atoms with Crippen molar-refractivity contribution in [3.8, 4) is 0 Å². The van der Waals surface area contributed by atoms with Gasteiger partial charge in [-0.1, -0.05) is 54.0 Å². The van der Waals surface area contributed by atoms with E-state index in [4.69, 9.17) is 0 Å². The SMILES string of the molecule is CC(C)c1ccc(C(C)NC(=O)CBr)cc1. The first kappa shape index (κ1) is 13.2. The molecular weight excluding hydrogens is 266 g/mol. The molecule has 1 aromatic carbocycles. The Morgan fingerprint density at radius 3 is 2.12 bits per heavy atom. The van der Waals surface area contributed by atoms with E-state index in [0.29, 0.717) is 11.2 Å². The number of rotatable bonds is 4. The Kier molecular flexibility index (Phi) is 5.00. The number of halogens is 1. The van der Waals surface area contributed by atoms with Gasteiger partial charge >= 0.3 is 0 Å². The predicted octanol–water partition coefficient (Wildman–Crippen LogP) is 3.38. The number of hydrogen-bond donors (Lipinski definition) is 1. The van der Waals surface area contributed by atoms with Gasteiger partial charge in [0, 0.05) is 0 Å². The fourth-order valence-corrected chi connectivity index (χ4v) is 1.69. The van der Waals surface area contributed by atoms with Crippen LogP contribution in [0.5, 0.6) is 0 Å². The quantitative estimate of drug-likeness (QED) is 0.844. The molecule has 2 nitrogen and oxygen atoms in total. The van der Waals surface area contributed by atoms with E-state index in [1.807, 2.05) is 6.92 Å². The van der Waals surface area contributed by atoms with Crippen LogP contribution >= 0.6 is 15.9 Å². The Balaban J connectivity index is 2.70. The number of amides is 1. The zero-order chi connectivity index (χ0) is 12.1. The molecule has 0 fully saturated rings. The highest BCUT2D eigenvalue weighted by atomic mass is 79.9. The highest BCUT2D eigenvalue weighted by Gasteiger charge is 2.08. The molecule has 0 saturated heterocycles. The number of carbonyl (C=O) groups excluding carboxylic acids is 1. The fourth-order valence-electron chi connectivity index (χ4n) is 1.53. The first-order valence-corrected chi connectivity index (χ1v) is 6.62. The van der Waals surface area contributed by atoms with Crippen molar-refractivity contribution in [2.45, 2.75) is 32.7 Å². The van der Waals surface area contributed by atoms with E-state index in [0.717, 1.165) is 5.56 Å². The van der Waals surface area contributed by atoms with Gasteiger partial charge in [-0.2, -0.15) is 0 Å². The lowest BCUT2D eigenvalue weighted by molar-refractivity contribution is -0.119. The molecule has 3 heteroatoms. The van der Waals surface area contributed by atoms with Gasteiger partial charge in [0.15, 0.2) is 0 Å². The maximum atomic E-state index is 11.2. The minimum Gasteiger partial charge on any atom is -0.349 e. The third kappa shape index (κ3) is 3.63. The summed E-state index contributed by atoms with van der Waals surface area (Å²) in [4.78, 5) is 11.2. The standard InChI is InChI=1S/C13H18BrNO/c1-9(2)11-4-6-12(7-5-11)10(3)15-13(16)8-14/h4-7,9-10H,8H2,1-3H3,(H,15,16). The zero-order valence-corrected chi connectivity index (χ0v) is 11.5. The summed E-state index contributed by atoms with van der Waals surface area (Å²) in [6.07, 6.45) is 0. The molecule has 0 aliphatic rings. The molecule has 0 heterocycles. The van der Waals surface area contributed by atoms with Crippen molar-refractivity contribution in [1.82, 2.24) is 5.32 Å². The molecule has 0 aliphatic heterocycles. The van der Waals surface area contributed by atoms with E-state index in [9.17, 15) is 4.79 Å². The van der Waals surface area contributed by atoms with Crippen LogP contribution < -0.4 is 5.32 Å². The van der Waals surface area contributed by atoms with Crippen LogP contribution in [0.25, 0.3) is 0 Å². The van der Waals surface area contributed by atoms with Crippen LogP contribution in [-0.4, -0.2) is 11.2 Å². The van der Waals surface area contributed by atoms with Gasteiger partial charge < -0.3 is 5.32 Å². The highest BCUT2D eigenvalue weighted by molar-refractivity contribution is 9.09. The molecule has 0 saturated carbocycles. The van der Waals surface area contributed by atoms with E-state index in [2.05, 4.69) is 59.4 Å². The second kappa shape index (κ2) is 6.04. The van der Waals surface area contributed by atoms with Gasteiger partial charge in [-0.15, -0.1) is 0 Å². The molecule has 88 valence electrons. The third-order valence-corrected chi connectivity index (χ3v) is 3.11. The smallest absolute Gasteiger partial charge is 0.231 e. The van der Waals surface area contributed by atoms with Gasteiger partial charge in [0.2, 0.25) is 5.91 Å². The van der Waals surface area contributed by atoms with Crippen molar-refractivity contribution in [3.63, 3.8) is 0 Å². The largest absolute Gasteiger partial charge is 0.349 e. The van der Waals surface area contributed by atoms with Crippen molar-refractivity contribution >= 4 is 21.8 Å². The Morgan fingerprint density at radius 1 is 1.19 bits per heavy atom. The first-order chi connectivity index (χ1) is 7.54. The molecule has 16 heavy (non-hydrogen) atoms. The summed E-state index contributed by atoms with van der Waals surface area (Å²) < 4.78 is 0. The van der Waals surface area contributed by atoms with Gasteiger partial charge in [-0.25, -0.2) is 0 Å². The lowest BCUT2D eigenvalue weighted by atomic mass is 10.00. The van der Waals surface area contributed by atoms with Crippen LogP contribution in [0.4, 0.5) is 0 Å². The Labute approximate surface area is 106 Å². The topological polar surface area (TPSA) is 29.1 Å². The second-order valence-electron chi connectivity index (χ2n) is 4.24. The van der Waals surface area contributed by atoms with E-state index in [1.165, 1.54) is 5.56 Å². The molecular formula is C13H18BrNO. The zero-order valence-electron chi connectivity index (χ0n) is 9.96. The minimum atomic E-state index is 0.0143. The number of nitrogens with one attached hydrogen (secondary N) is 1. The summed E-state index contributed by atoms with van der Waals surface area (Å²) >= 11 is 3.13. The average Bonchev–Trinajstić information content (AvgIpc) is 2.28. The van der Waals surface area contributed by atoms with Gasteiger partial charge in [0.1, 0.15) is 0 Å². The predicted molar refractivity (Wildman–Crippen MR) is 70.9 cm³/mol. The molecule has 1 aromatic rings. The van der Waals surface area contributed by atoms with Gasteiger partial charge in [-0.3, -0.25) is 4.79 Å². The van der Waals surface area contributed by atoms with Crippen LogP contribution in [0, 0.1) is 0 Å². The van der Waals surface area contributed by atoms with Crippen LogP contribution in [0.2, 0.25) is 0 Å². The molecule has 0 bridgehead atoms. The Bertz CT molecular complexity index is 345.